The van der Waals surface area contributed by atoms with Crippen molar-refractivity contribution in [2.45, 2.75) is 26.5 Å². The van der Waals surface area contributed by atoms with Gasteiger partial charge in [0, 0.05) is 17.8 Å². The molecule has 0 saturated carbocycles. The summed E-state index contributed by atoms with van der Waals surface area (Å²) in [5.74, 6) is 0. The third kappa shape index (κ3) is 3.60. The van der Waals surface area contributed by atoms with Crippen LogP contribution in [0.25, 0.3) is 0 Å². The number of ether oxygens (including phenoxy) is 1. The lowest BCUT2D eigenvalue weighted by molar-refractivity contribution is 0.121. The van der Waals surface area contributed by atoms with Gasteiger partial charge in [0.1, 0.15) is 0 Å². The first kappa shape index (κ1) is 13.1. The van der Waals surface area contributed by atoms with Gasteiger partial charge in [-0.25, -0.2) is 4.98 Å². The van der Waals surface area contributed by atoms with Crippen LogP contribution >= 0.6 is 11.3 Å². The third-order valence-corrected chi connectivity index (χ3v) is 3.64. The molecule has 0 aromatic carbocycles. The van der Waals surface area contributed by atoms with Gasteiger partial charge >= 0.3 is 0 Å². The number of thiazole rings is 1. The maximum atomic E-state index is 5.62. The van der Waals surface area contributed by atoms with Crippen molar-refractivity contribution in [2.75, 3.05) is 6.61 Å². The SMILES string of the molecule is Cc1ncsc1CCOCc1cccc(CN)n1. The van der Waals surface area contributed by atoms with Crippen LogP contribution in [0.15, 0.2) is 23.7 Å². The van der Waals surface area contributed by atoms with Crippen molar-refractivity contribution in [3.8, 4) is 0 Å². The molecular weight excluding hydrogens is 246 g/mol. The van der Waals surface area contributed by atoms with E-state index in [4.69, 9.17) is 10.5 Å². The Balaban J connectivity index is 1.76. The fraction of sp³-hybridized carbons (Fsp3) is 0.385. The normalized spacial score (nSPS) is 10.8. The van der Waals surface area contributed by atoms with Gasteiger partial charge in [0.05, 0.1) is 35.8 Å². The molecule has 2 N–H and O–H groups in total. The van der Waals surface area contributed by atoms with E-state index >= 15 is 0 Å². The summed E-state index contributed by atoms with van der Waals surface area (Å²) in [5, 5.41) is 0. The van der Waals surface area contributed by atoms with E-state index in [0.29, 0.717) is 19.8 Å². The van der Waals surface area contributed by atoms with Gasteiger partial charge in [-0.2, -0.15) is 0 Å². The molecule has 0 unspecified atom stereocenters. The van der Waals surface area contributed by atoms with Crippen LogP contribution in [0.3, 0.4) is 0 Å². The number of pyridine rings is 1. The average Bonchev–Trinajstić information content (AvgIpc) is 2.81. The van der Waals surface area contributed by atoms with Crippen LogP contribution in [0.4, 0.5) is 0 Å². The molecule has 2 rings (SSSR count). The van der Waals surface area contributed by atoms with Crippen molar-refractivity contribution >= 4 is 11.3 Å². The van der Waals surface area contributed by atoms with Gasteiger partial charge in [-0.15, -0.1) is 11.3 Å². The second-order valence-electron chi connectivity index (χ2n) is 3.99. The highest BCUT2D eigenvalue weighted by Gasteiger charge is 2.02. The number of nitrogens with zero attached hydrogens (tertiary/aromatic N) is 2. The highest BCUT2D eigenvalue weighted by atomic mass is 32.1. The average molecular weight is 263 g/mol. The Morgan fingerprint density at radius 1 is 1.33 bits per heavy atom. The predicted molar refractivity (Wildman–Crippen MR) is 72.3 cm³/mol. The highest BCUT2D eigenvalue weighted by molar-refractivity contribution is 7.09. The van der Waals surface area contributed by atoms with Crippen molar-refractivity contribution < 1.29 is 4.74 Å². The number of nitrogens with two attached hydrogens (primary N) is 1. The standard InChI is InChI=1S/C13H17N3OS/c1-10-13(18-9-15-10)5-6-17-8-12-4-2-3-11(7-14)16-12/h2-4,9H,5-8,14H2,1H3. The molecule has 0 bridgehead atoms. The molecule has 5 heteroatoms. The molecule has 0 spiro atoms. The van der Waals surface area contributed by atoms with E-state index < -0.39 is 0 Å². The molecule has 0 radical (unpaired) electrons. The molecule has 0 fully saturated rings. The number of hydrogen-bond acceptors (Lipinski definition) is 5. The molecule has 0 aliphatic heterocycles. The summed E-state index contributed by atoms with van der Waals surface area (Å²) in [6.45, 7) is 3.72. The summed E-state index contributed by atoms with van der Waals surface area (Å²) in [5.41, 5.74) is 10.3. The van der Waals surface area contributed by atoms with Gasteiger partial charge < -0.3 is 10.5 Å². The minimum Gasteiger partial charge on any atom is -0.375 e. The molecule has 2 heterocycles. The number of aromatic nitrogens is 2. The van der Waals surface area contributed by atoms with Gasteiger partial charge in [0.2, 0.25) is 0 Å². The fourth-order valence-corrected chi connectivity index (χ4v) is 2.39. The quantitative estimate of drug-likeness (QED) is 0.810. The van der Waals surface area contributed by atoms with E-state index in [0.717, 1.165) is 23.5 Å². The molecule has 18 heavy (non-hydrogen) atoms. The first-order chi connectivity index (χ1) is 8.79. The summed E-state index contributed by atoms with van der Waals surface area (Å²) in [4.78, 5) is 9.89. The van der Waals surface area contributed by atoms with Gasteiger partial charge in [0.25, 0.3) is 0 Å². The van der Waals surface area contributed by atoms with E-state index in [1.807, 2.05) is 30.6 Å². The number of rotatable bonds is 6. The van der Waals surface area contributed by atoms with Crippen LogP contribution in [0.2, 0.25) is 0 Å². The Hall–Kier alpha value is -1.30. The van der Waals surface area contributed by atoms with Crippen LogP contribution in [0, 0.1) is 6.92 Å². The Labute approximate surface area is 111 Å². The van der Waals surface area contributed by atoms with Crippen molar-refractivity contribution in [1.29, 1.82) is 0 Å². The van der Waals surface area contributed by atoms with Gasteiger partial charge in [0.15, 0.2) is 0 Å². The monoisotopic (exact) mass is 263 g/mol. The van der Waals surface area contributed by atoms with Crippen molar-refractivity contribution in [2.24, 2.45) is 5.73 Å². The summed E-state index contributed by atoms with van der Waals surface area (Å²) in [7, 11) is 0. The maximum Gasteiger partial charge on any atom is 0.0888 e. The minimum absolute atomic E-state index is 0.466. The molecule has 96 valence electrons. The molecule has 0 aliphatic carbocycles. The minimum atomic E-state index is 0.466. The van der Waals surface area contributed by atoms with E-state index in [1.54, 1.807) is 11.3 Å². The van der Waals surface area contributed by atoms with Gasteiger partial charge in [-0.05, 0) is 19.1 Å². The second kappa shape index (κ2) is 6.58. The van der Waals surface area contributed by atoms with Crippen LogP contribution in [0.1, 0.15) is 22.0 Å². The van der Waals surface area contributed by atoms with E-state index in [9.17, 15) is 0 Å². The zero-order valence-electron chi connectivity index (χ0n) is 10.4. The Bertz CT molecular complexity index is 498. The zero-order chi connectivity index (χ0) is 12.8. The van der Waals surface area contributed by atoms with Crippen LogP contribution in [-0.4, -0.2) is 16.6 Å². The summed E-state index contributed by atoms with van der Waals surface area (Å²) < 4.78 is 5.62. The first-order valence-corrected chi connectivity index (χ1v) is 6.79. The molecule has 0 saturated heterocycles. The topological polar surface area (TPSA) is 61.0 Å². The molecule has 0 atom stereocenters. The third-order valence-electron chi connectivity index (χ3n) is 2.64. The smallest absolute Gasteiger partial charge is 0.0888 e. The molecular formula is C13H17N3OS. The van der Waals surface area contributed by atoms with E-state index in [-0.39, 0.29) is 0 Å². The van der Waals surface area contributed by atoms with Gasteiger partial charge in [-0.1, -0.05) is 6.07 Å². The molecule has 4 nitrogen and oxygen atoms in total. The summed E-state index contributed by atoms with van der Waals surface area (Å²) in [6.07, 6.45) is 0.910. The number of hydrogen-bond donors (Lipinski definition) is 1. The summed E-state index contributed by atoms with van der Waals surface area (Å²) >= 11 is 1.68. The van der Waals surface area contributed by atoms with Crippen LogP contribution in [-0.2, 0) is 24.3 Å². The zero-order valence-corrected chi connectivity index (χ0v) is 11.2. The van der Waals surface area contributed by atoms with Gasteiger partial charge in [-0.3, -0.25) is 4.98 Å². The maximum absolute atomic E-state index is 5.62. The second-order valence-corrected chi connectivity index (χ2v) is 4.93. The molecule has 2 aromatic heterocycles. The fourth-order valence-electron chi connectivity index (χ4n) is 1.63. The largest absolute Gasteiger partial charge is 0.375 e. The lowest BCUT2D eigenvalue weighted by Crippen LogP contribution is -2.04. The molecule has 0 aliphatic rings. The van der Waals surface area contributed by atoms with Crippen molar-refractivity contribution in [3.05, 3.63) is 45.7 Å². The van der Waals surface area contributed by atoms with Crippen molar-refractivity contribution in [3.63, 3.8) is 0 Å². The van der Waals surface area contributed by atoms with E-state index in [2.05, 4.69) is 9.97 Å². The summed E-state index contributed by atoms with van der Waals surface area (Å²) in [6, 6.07) is 5.84. The molecule has 0 amide bonds. The van der Waals surface area contributed by atoms with Crippen LogP contribution < -0.4 is 5.73 Å². The Morgan fingerprint density at radius 2 is 2.17 bits per heavy atom. The molecule has 2 aromatic rings. The lowest BCUT2D eigenvalue weighted by atomic mass is 10.3. The Morgan fingerprint density at radius 3 is 2.89 bits per heavy atom. The highest BCUT2D eigenvalue weighted by Crippen LogP contribution is 2.12. The Kier molecular flexibility index (Phi) is 4.81. The lowest BCUT2D eigenvalue weighted by Gasteiger charge is -2.04. The number of aryl methyl sites for hydroxylation is 1. The van der Waals surface area contributed by atoms with Crippen molar-refractivity contribution in [1.82, 2.24) is 9.97 Å². The predicted octanol–water partition coefficient (Wildman–Crippen LogP) is 2.06. The van der Waals surface area contributed by atoms with E-state index in [1.165, 1.54) is 4.88 Å². The first-order valence-electron chi connectivity index (χ1n) is 5.91. The van der Waals surface area contributed by atoms with Crippen LogP contribution in [0.5, 0.6) is 0 Å².